The minimum absolute atomic E-state index is 0.418. The maximum Gasteiger partial charge on any atom is 0.422 e. The molecule has 1 spiro atoms. The fourth-order valence-corrected chi connectivity index (χ4v) is 3.51. The van der Waals surface area contributed by atoms with Gasteiger partial charge in [-0.2, -0.15) is 0 Å². The number of amidine groups is 1. The van der Waals surface area contributed by atoms with E-state index in [1.165, 1.54) is 0 Å². The number of nitrogens with one attached hydrogen (secondary N) is 1. The van der Waals surface area contributed by atoms with Gasteiger partial charge in [-0.05, 0) is 24.1 Å². The van der Waals surface area contributed by atoms with Gasteiger partial charge in [0, 0.05) is 24.3 Å². The number of hydrogen-bond donors (Lipinski definition) is 1. The molecule has 8 heteroatoms. The molecule has 1 unspecified atom stereocenters. The van der Waals surface area contributed by atoms with Crippen molar-refractivity contribution in [3.8, 4) is 0 Å². The summed E-state index contributed by atoms with van der Waals surface area (Å²) < 4.78 is 10.8. The average molecular weight is 336 g/mol. The number of aliphatic imine (C=N–C) groups is 1. The number of anilines is 1. The van der Waals surface area contributed by atoms with Gasteiger partial charge in [0.25, 0.3) is 0 Å². The van der Waals surface area contributed by atoms with E-state index in [1.807, 2.05) is 6.07 Å². The monoisotopic (exact) mass is 335 g/mol. The maximum atomic E-state index is 11.7. The summed E-state index contributed by atoms with van der Waals surface area (Å²) in [4.78, 5) is 29.5. The summed E-state index contributed by atoms with van der Waals surface area (Å²) in [6.45, 7) is 1.35. The third-order valence-corrected chi connectivity index (χ3v) is 4.65. The van der Waals surface area contributed by atoms with Crippen molar-refractivity contribution in [3.05, 3.63) is 28.8 Å². The minimum atomic E-state index is -1.53. The molecule has 1 aromatic carbocycles. The fraction of sp³-hybridized carbons (Fsp3) is 0.400. The number of halogens is 1. The first-order chi connectivity index (χ1) is 11.0. The molecule has 3 aliphatic heterocycles. The molecule has 3 aliphatic rings. The van der Waals surface area contributed by atoms with E-state index in [1.54, 1.807) is 24.1 Å². The Balaban J connectivity index is 1.86. The third-order valence-electron chi connectivity index (χ3n) is 4.42. The van der Waals surface area contributed by atoms with E-state index in [0.717, 1.165) is 11.3 Å². The molecule has 1 atom stereocenters. The van der Waals surface area contributed by atoms with Crippen molar-refractivity contribution in [2.45, 2.75) is 12.3 Å². The third kappa shape index (κ3) is 1.99. The highest BCUT2D eigenvalue weighted by Gasteiger charge is 2.61. The van der Waals surface area contributed by atoms with Crippen LogP contribution in [0.4, 0.5) is 5.69 Å². The molecular weight excluding hydrogens is 322 g/mol. The van der Waals surface area contributed by atoms with Gasteiger partial charge in [0.2, 0.25) is 0 Å². The minimum Gasteiger partial charge on any atom is -0.394 e. The van der Waals surface area contributed by atoms with Gasteiger partial charge < -0.3 is 19.7 Å². The van der Waals surface area contributed by atoms with E-state index >= 15 is 0 Å². The number of carbonyl (C=O) groups excluding carboxylic acids is 2. The summed E-state index contributed by atoms with van der Waals surface area (Å²) in [6, 6.07) is 5.49. The molecule has 0 aromatic heterocycles. The topological polar surface area (TPSA) is 80.2 Å². The second kappa shape index (κ2) is 4.86. The van der Waals surface area contributed by atoms with Crippen LogP contribution in [-0.4, -0.2) is 43.8 Å². The molecular formula is C15H14ClN3O4. The first-order valence-electron chi connectivity index (χ1n) is 7.28. The van der Waals surface area contributed by atoms with Crippen molar-refractivity contribution in [2.24, 2.45) is 10.9 Å². The van der Waals surface area contributed by atoms with Gasteiger partial charge in [0.05, 0.1) is 6.54 Å². The van der Waals surface area contributed by atoms with E-state index in [2.05, 4.69) is 10.3 Å². The molecule has 0 bridgehead atoms. The van der Waals surface area contributed by atoms with Crippen LogP contribution in [0.5, 0.6) is 0 Å². The van der Waals surface area contributed by atoms with Crippen LogP contribution in [0.25, 0.3) is 0 Å². The van der Waals surface area contributed by atoms with Gasteiger partial charge in [-0.1, -0.05) is 17.7 Å². The van der Waals surface area contributed by atoms with Gasteiger partial charge in [-0.15, -0.1) is 0 Å². The Kier molecular flexibility index (Phi) is 3.02. The SMILES string of the molecule is CN1c2cc(Cl)ccc2CC(C2=NCCN2)C12OC(=O)C(=O)O2. The summed E-state index contributed by atoms with van der Waals surface area (Å²) in [5.74, 6) is -3.25. The quantitative estimate of drug-likeness (QED) is 0.601. The average Bonchev–Trinajstić information content (AvgIpc) is 3.14. The van der Waals surface area contributed by atoms with Crippen LogP contribution in [-0.2, 0) is 25.5 Å². The number of nitrogens with zero attached hydrogens (tertiary/aromatic N) is 2. The fourth-order valence-electron chi connectivity index (χ4n) is 3.34. The lowest BCUT2D eigenvalue weighted by molar-refractivity contribution is -0.192. The Bertz CT molecular complexity index is 732. The van der Waals surface area contributed by atoms with Crippen molar-refractivity contribution in [2.75, 3.05) is 25.0 Å². The molecule has 0 radical (unpaired) electrons. The van der Waals surface area contributed by atoms with Crippen LogP contribution in [0.3, 0.4) is 0 Å². The zero-order valence-electron chi connectivity index (χ0n) is 12.3. The molecule has 1 N–H and O–H groups in total. The van der Waals surface area contributed by atoms with E-state index in [9.17, 15) is 9.59 Å². The summed E-state index contributed by atoms with van der Waals surface area (Å²) in [7, 11) is 1.71. The Morgan fingerprint density at radius 3 is 2.74 bits per heavy atom. The van der Waals surface area contributed by atoms with Gasteiger partial charge in [0.1, 0.15) is 11.8 Å². The number of ether oxygens (including phenoxy) is 2. The van der Waals surface area contributed by atoms with Gasteiger partial charge >= 0.3 is 17.8 Å². The second-order valence-corrected chi connectivity index (χ2v) is 6.13. The molecule has 23 heavy (non-hydrogen) atoms. The highest BCUT2D eigenvalue weighted by atomic mass is 35.5. The zero-order valence-corrected chi connectivity index (χ0v) is 13.1. The van der Waals surface area contributed by atoms with Crippen molar-refractivity contribution < 1.29 is 19.1 Å². The zero-order chi connectivity index (χ0) is 16.2. The first-order valence-corrected chi connectivity index (χ1v) is 7.66. The highest BCUT2D eigenvalue weighted by Crippen LogP contribution is 2.45. The van der Waals surface area contributed by atoms with Crippen molar-refractivity contribution in [1.82, 2.24) is 5.32 Å². The molecule has 1 aromatic rings. The molecule has 3 heterocycles. The molecule has 0 saturated carbocycles. The second-order valence-electron chi connectivity index (χ2n) is 5.69. The van der Waals surface area contributed by atoms with Crippen LogP contribution in [0.1, 0.15) is 5.56 Å². The highest BCUT2D eigenvalue weighted by molar-refractivity contribution is 6.31. The summed E-state index contributed by atoms with van der Waals surface area (Å²) in [5, 5.41) is 3.74. The number of fused-ring (bicyclic) bond motifs is 1. The summed E-state index contributed by atoms with van der Waals surface area (Å²) >= 11 is 6.08. The molecule has 0 aliphatic carbocycles. The summed E-state index contributed by atoms with van der Waals surface area (Å²) in [5.41, 5.74) is 1.78. The van der Waals surface area contributed by atoms with E-state index < -0.39 is 23.8 Å². The van der Waals surface area contributed by atoms with E-state index in [4.69, 9.17) is 21.1 Å². The first kappa shape index (κ1) is 14.3. The van der Waals surface area contributed by atoms with Gasteiger partial charge in [0.15, 0.2) is 0 Å². The Morgan fingerprint density at radius 2 is 2.09 bits per heavy atom. The Morgan fingerprint density at radius 1 is 1.35 bits per heavy atom. The van der Waals surface area contributed by atoms with Gasteiger partial charge in [-0.25, -0.2) is 9.59 Å². The van der Waals surface area contributed by atoms with E-state index in [0.29, 0.717) is 30.4 Å². The predicted octanol–water partition coefficient (Wildman–Crippen LogP) is 0.704. The predicted molar refractivity (Wildman–Crippen MR) is 82.3 cm³/mol. The van der Waals surface area contributed by atoms with Crippen LogP contribution < -0.4 is 10.2 Å². The van der Waals surface area contributed by atoms with Crippen molar-refractivity contribution >= 4 is 35.1 Å². The Hall–Kier alpha value is -2.28. The standard InChI is InChI=1S/C15H14ClN3O4/c1-19-11-7-9(16)3-2-8(11)6-10(12-17-4-5-18-12)15(19)22-13(20)14(21)23-15/h2-3,7,10H,4-6H2,1H3,(H,17,18). The molecule has 120 valence electrons. The number of carbonyl (C=O) groups is 2. The van der Waals surface area contributed by atoms with Crippen molar-refractivity contribution in [1.29, 1.82) is 0 Å². The van der Waals surface area contributed by atoms with Crippen LogP contribution >= 0.6 is 11.6 Å². The lowest BCUT2D eigenvalue weighted by Gasteiger charge is -2.45. The number of hydrogen-bond acceptors (Lipinski definition) is 7. The molecule has 4 rings (SSSR count). The normalized spacial score (nSPS) is 24.9. The van der Waals surface area contributed by atoms with Gasteiger partial charge in [-0.3, -0.25) is 4.99 Å². The molecule has 1 fully saturated rings. The van der Waals surface area contributed by atoms with Crippen molar-refractivity contribution in [3.63, 3.8) is 0 Å². The van der Waals surface area contributed by atoms with Crippen LogP contribution in [0.15, 0.2) is 23.2 Å². The lowest BCUT2D eigenvalue weighted by atomic mass is 9.87. The largest absolute Gasteiger partial charge is 0.422 e. The molecule has 7 nitrogen and oxygen atoms in total. The number of esters is 2. The van der Waals surface area contributed by atoms with E-state index in [-0.39, 0.29) is 0 Å². The molecule has 1 saturated heterocycles. The lowest BCUT2D eigenvalue weighted by Crippen LogP contribution is -2.61. The number of rotatable bonds is 1. The Labute approximate surface area is 137 Å². The smallest absolute Gasteiger partial charge is 0.394 e. The maximum absolute atomic E-state index is 11.7. The molecule has 0 amide bonds. The number of benzene rings is 1. The van der Waals surface area contributed by atoms with Crippen LogP contribution in [0, 0.1) is 5.92 Å². The summed E-state index contributed by atoms with van der Waals surface area (Å²) in [6.07, 6.45) is 0.517. The van der Waals surface area contributed by atoms with Crippen LogP contribution in [0.2, 0.25) is 5.02 Å².